The van der Waals surface area contributed by atoms with Crippen LogP contribution in [0.2, 0.25) is 0 Å². The highest BCUT2D eigenvalue weighted by atomic mass is 16.2. The monoisotopic (exact) mass is 295 g/mol. The summed E-state index contributed by atoms with van der Waals surface area (Å²) in [5, 5.41) is 5.32. The fourth-order valence-electron chi connectivity index (χ4n) is 1.87. The number of aryl methyl sites for hydroxylation is 1. The van der Waals surface area contributed by atoms with Crippen LogP contribution in [0.4, 0.5) is 5.69 Å². The molecule has 1 aromatic heterocycles. The molecule has 5 heteroatoms. The van der Waals surface area contributed by atoms with E-state index >= 15 is 0 Å². The van der Waals surface area contributed by atoms with Crippen LogP contribution in [0.15, 0.2) is 48.7 Å². The van der Waals surface area contributed by atoms with Crippen molar-refractivity contribution in [3.05, 3.63) is 65.5 Å². The summed E-state index contributed by atoms with van der Waals surface area (Å²) in [5.74, 6) is -0.359. The predicted molar refractivity (Wildman–Crippen MR) is 86.5 cm³/mol. The zero-order chi connectivity index (χ0) is 15.9. The predicted octanol–water partition coefficient (Wildman–Crippen LogP) is 2.40. The SMILES string of the molecule is CNC(=O)c1ccc(/C=C\C(=O)Nc2ccnc(C)c2)cc1. The van der Waals surface area contributed by atoms with Gasteiger partial charge in [-0.05, 0) is 42.8 Å². The molecule has 1 aromatic carbocycles. The van der Waals surface area contributed by atoms with Gasteiger partial charge in [0.05, 0.1) is 0 Å². The molecule has 0 saturated heterocycles. The number of nitrogens with one attached hydrogen (secondary N) is 2. The average molecular weight is 295 g/mol. The summed E-state index contributed by atoms with van der Waals surface area (Å²) in [6.07, 6.45) is 4.79. The molecule has 0 atom stereocenters. The molecule has 0 aliphatic carbocycles. The molecule has 112 valence electrons. The number of pyridine rings is 1. The van der Waals surface area contributed by atoms with E-state index in [9.17, 15) is 9.59 Å². The molecule has 0 spiro atoms. The number of rotatable bonds is 4. The van der Waals surface area contributed by atoms with Gasteiger partial charge in [0.15, 0.2) is 0 Å². The Morgan fingerprint density at radius 2 is 1.86 bits per heavy atom. The molecule has 0 saturated carbocycles. The third-order valence-corrected chi connectivity index (χ3v) is 2.99. The van der Waals surface area contributed by atoms with Crippen molar-refractivity contribution in [1.29, 1.82) is 0 Å². The summed E-state index contributed by atoms with van der Waals surface area (Å²) >= 11 is 0. The lowest BCUT2D eigenvalue weighted by Gasteiger charge is -2.02. The number of hydrogen-bond donors (Lipinski definition) is 2. The lowest BCUT2D eigenvalue weighted by Crippen LogP contribution is -2.17. The molecule has 0 unspecified atom stereocenters. The quantitative estimate of drug-likeness (QED) is 0.851. The normalized spacial score (nSPS) is 10.5. The Labute approximate surface area is 129 Å². The highest BCUT2D eigenvalue weighted by molar-refractivity contribution is 6.02. The van der Waals surface area contributed by atoms with Crippen LogP contribution in [0.1, 0.15) is 21.6 Å². The lowest BCUT2D eigenvalue weighted by atomic mass is 10.1. The second kappa shape index (κ2) is 7.17. The van der Waals surface area contributed by atoms with Gasteiger partial charge in [-0.25, -0.2) is 0 Å². The van der Waals surface area contributed by atoms with Gasteiger partial charge in [-0.1, -0.05) is 12.1 Å². The van der Waals surface area contributed by atoms with Gasteiger partial charge >= 0.3 is 0 Å². The van der Waals surface area contributed by atoms with E-state index in [0.717, 1.165) is 11.3 Å². The lowest BCUT2D eigenvalue weighted by molar-refractivity contribution is -0.111. The highest BCUT2D eigenvalue weighted by Crippen LogP contribution is 2.09. The molecule has 0 radical (unpaired) electrons. The van der Waals surface area contributed by atoms with Crippen molar-refractivity contribution in [2.75, 3.05) is 12.4 Å². The summed E-state index contributed by atoms with van der Waals surface area (Å²) in [4.78, 5) is 27.3. The van der Waals surface area contributed by atoms with Gasteiger partial charge in [-0.2, -0.15) is 0 Å². The second-order valence-corrected chi connectivity index (χ2v) is 4.71. The first kappa shape index (κ1) is 15.4. The van der Waals surface area contributed by atoms with Crippen LogP contribution < -0.4 is 10.6 Å². The van der Waals surface area contributed by atoms with Crippen molar-refractivity contribution in [1.82, 2.24) is 10.3 Å². The summed E-state index contributed by atoms with van der Waals surface area (Å²) in [6.45, 7) is 1.86. The van der Waals surface area contributed by atoms with Gasteiger partial charge in [-0.3, -0.25) is 14.6 Å². The smallest absolute Gasteiger partial charge is 0.251 e. The van der Waals surface area contributed by atoms with Crippen molar-refractivity contribution in [3.8, 4) is 0 Å². The number of nitrogens with zero attached hydrogens (tertiary/aromatic N) is 1. The summed E-state index contributed by atoms with van der Waals surface area (Å²) < 4.78 is 0. The van der Waals surface area contributed by atoms with E-state index in [4.69, 9.17) is 0 Å². The van der Waals surface area contributed by atoms with Crippen molar-refractivity contribution >= 4 is 23.6 Å². The van der Waals surface area contributed by atoms with Crippen molar-refractivity contribution < 1.29 is 9.59 Å². The first-order valence-corrected chi connectivity index (χ1v) is 6.82. The summed E-state index contributed by atoms with van der Waals surface area (Å²) in [5.41, 5.74) is 2.97. The number of carbonyl (C=O) groups excluding carboxylic acids is 2. The zero-order valence-corrected chi connectivity index (χ0v) is 12.5. The maximum atomic E-state index is 11.8. The van der Waals surface area contributed by atoms with E-state index < -0.39 is 0 Å². The average Bonchev–Trinajstić information content (AvgIpc) is 2.52. The molecule has 0 aliphatic heterocycles. The number of carbonyl (C=O) groups is 2. The van der Waals surface area contributed by atoms with Crippen LogP contribution in [-0.2, 0) is 4.79 Å². The molecule has 5 nitrogen and oxygen atoms in total. The molecule has 0 aliphatic rings. The highest BCUT2D eigenvalue weighted by Gasteiger charge is 2.02. The summed E-state index contributed by atoms with van der Waals surface area (Å²) in [7, 11) is 1.58. The van der Waals surface area contributed by atoms with Crippen molar-refractivity contribution in [2.24, 2.45) is 0 Å². The Kier molecular flexibility index (Phi) is 5.03. The maximum Gasteiger partial charge on any atom is 0.251 e. The van der Waals surface area contributed by atoms with E-state index in [1.165, 1.54) is 6.08 Å². The Hall–Kier alpha value is -2.95. The van der Waals surface area contributed by atoms with Crippen molar-refractivity contribution in [2.45, 2.75) is 6.92 Å². The van der Waals surface area contributed by atoms with E-state index in [1.807, 2.05) is 6.92 Å². The number of benzene rings is 1. The molecular formula is C17H17N3O2. The first-order valence-electron chi connectivity index (χ1n) is 6.82. The topological polar surface area (TPSA) is 71.1 Å². The van der Waals surface area contributed by atoms with Gasteiger partial charge in [0.25, 0.3) is 5.91 Å². The van der Waals surface area contributed by atoms with Gasteiger partial charge < -0.3 is 10.6 Å². The minimum absolute atomic E-state index is 0.138. The Morgan fingerprint density at radius 1 is 1.14 bits per heavy atom. The third-order valence-electron chi connectivity index (χ3n) is 2.99. The largest absolute Gasteiger partial charge is 0.355 e. The maximum absolute atomic E-state index is 11.8. The molecule has 22 heavy (non-hydrogen) atoms. The molecule has 1 heterocycles. The first-order chi connectivity index (χ1) is 10.6. The van der Waals surface area contributed by atoms with Crippen LogP contribution >= 0.6 is 0 Å². The number of aromatic nitrogens is 1. The van der Waals surface area contributed by atoms with Crippen LogP contribution in [-0.4, -0.2) is 23.8 Å². The van der Waals surface area contributed by atoms with Gasteiger partial charge in [0, 0.05) is 36.3 Å². The second-order valence-electron chi connectivity index (χ2n) is 4.71. The minimum Gasteiger partial charge on any atom is -0.355 e. The molecular weight excluding hydrogens is 278 g/mol. The van der Waals surface area contributed by atoms with E-state index in [1.54, 1.807) is 55.7 Å². The van der Waals surface area contributed by atoms with Crippen LogP contribution in [0.5, 0.6) is 0 Å². The standard InChI is InChI=1S/C17H17N3O2/c1-12-11-15(9-10-19-12)20-16(21)8-5-13-3-6-14(7-4-13)17(22)18-2/h3-11H,1-2H3,(H,18,22)(H,19,20,21)/b8-5-. The molecule has 2 amide bonds. The van der Waals surface area contributed by atoms with Crippen LogP contribution in [0.3, 0.4) is 0 Å². The fourth-order valence-corrected chi connectivity index (χ4v) is 1.87. The van der Waals surface area contributed by atoms with E-state index in [0.29, 0.717) is 11.3 Å². The van der Waals surface area contributed by atoms with Crippen LogP contribution in [0, 0.1) is 6.92 Å². The number of anilines is 1. The van der Waals surface area contributed by atoms with Gasteiger partial charge in [-0.15, -0.1) is 0 Å². The number of amides is 2. The van der Waals surface area contributed by atoms with Gasteiger partial charge in [0.1, 0.15) is 0 Å². The van der Waals surface area contributed by atoms with E-state index in [2.05, 4.69) is 15.6 Å². The van der Waals surface area contributed by atoms with Gasteiger partial charge in [0.2, 0.25) is 5.91 Å². The Bertz CT molecular complexity index is 706. The molecule has 2 aromatic rings. The molecule has 2 N–H and O–H groups in total. The Morgan fingerprint density at radius 3 is 2.50 bits per heavy atom. The summed E-state index contributed by atoms with van der Waals surface area (Å²) in [6, 6.07) is 10.5. The van der Waals surface area contributed by atoms with E-state index in [-0.39, 0.29) is 11.8 Å². The number of hydrogen-bond acceptors (Lipinski definition) is 3. The molecule has 2 rings (SSSR count). The van der Waals surface area contributed by atoms with Crippen molar-refractivity contribution in [3.63, 3.8) is 0 Å². The zero-order valence-electron chi connectivity index (χ0n) is 12.5. The molecule has 0 bridgehead atoms. The fraction of sp³-hybridized carbons (Fsp3) is 0.118. The third kappa shape index (κ3) is 4.28. The molecule has 0 fully saturated rings. The van der Waals surface area contributed by atoms with Crippen LogP contribution in [0.25, 0.3) is 6.08 Å². The Balaban J connectivity index is 1.99. The minimum atomic E-state index is -0.221.